The Hall–Kier alpha value is -1.37. The summed E-state index contributed by atoms with van der Waals surface area (Å²) in [5, 5.41) is 17.3. The van der Waals surface area contributed by atoms with Crippen LogP contribution in [0.25, 0.3) is 0 Å². The van der Waals surface area contributed by atoms with Crippen LogP contribution in [-0.2, 0) is 14.4 Å². The molecule has 84 valence electrons. The van der Waals surface area contributed by atoms with E-state index in [0.29, 0.717) is 9.38 Å². The zero-order chi connectivity index (χ0) is 12.2. The summed E-state index contributed by atoms with van der Waals surface area (Å²) in [6.45, 7) is 4.34. The third-order valence-corrected chi connectivity index (χ3v) is 1.78. The van der Waals surface area contributed by atoms with Gasteiger partial charge in [-0.2, -0.15) is 0 Å². The van der Waals surface area contributed by atoms with Gasteiger partial charge in [0, 0.05) is 11.4 Å². The number of hydrogen-bond donors (Lipinski definition) is 2. The molecule has 0 saturated carbocycles. The average molecular weight is 280 g/mol. The van der Waals surface area contributed by atoms with E-state index in [1.807, 2.05) is 0 Å². The van der Waals surface area contributed by atoms with E-state index < -0.39 is 23.9 Å². The molecule has 0 spiro atoms. The number of carboxylic acid groups (broad SMARTS) is 2. The SMILES string of the molecule is C=C(Br)CN(C(C)=O)C(C(=O)O)C(=O)O. The molecule has 1 amide bonds. The standard InChI is InChI=1S/C8H10BrNO5/c1-4(9)3-10(5(2)11)6(7(12)13)8(14)15/h6H,1,3H2,2H3,(H,12,13)(H,14,15). The highest BCUT2D eigenvalue weighted by molar-refractivity contribution is 9.11. The molecule has 0 aliphatic heterocycles. The summed E-state index contributed by atoms with van der Waals surface area (Å²) >= 11 is 2.94. The Morgan fingerprint density at radius 2 is 1.73 bits per heavy atom. The third-order valence-electron chi connectivity index (χ3n) is 1.53. The van der Waals surface area contributed by atoms with Crippen LogP contribution in [0.1, 0.15) is 6.92 Å². The van der Waals surface area contributed by atoms with Crippen molar-refractivity contribution in [3.63, 3.8) is 0 Å². The van der Waals surface area contributed by atoms with Crippen LogP contribution in [0, 0.1) is 0 Å². The van der Waals surface area contributed by atoms with E-state index in [9.17, 15) is 14.4 Å². The summed E-state index contributed by atoms with van der Waals surface area (Å²) in [5.41, 5.74) is 0. The van der Waals surface area contributed by atoms with E-state index in [2.05, 4.69) is 22.5 Å². The Morgan fingerprint density at radius 1 is 1.33 bits per heavy atom. The molecule has 0 rings (SSSR count). The summed E-state index contributed by atoms with van der Waals surface area (Å²) < 4.78 is 0.324. The number of carboxylic acids is 2. The summed E-state index contributed by atoms with van der Waals surface area (Å²) in [5.74, 6) is -3.83. The van der Waals surface area contributed by atoms with Crippen LogP contribution < -0.4 is 0 Å². The van der Waals surface area contributed by atoms with Gasteiger partial charge in [-0.3, -0.25) is 4.79 Å². The smallest absolute Gasteiger partial charge is 0.338 e. The number of hydrogen-bond acceptors (Lipinski definition) is 3. The number of nitrogens with zero attached hydrogens (tertiary/aromatic N) is 1. The molecule has 0 heterocycles. The molecule has 2 N–H and O–H groups in total. The normalized spacial score (nSPS) is 9.80. The van der Waals surface area contributed by atoms with Crippen molar-refractivity contribution in [2.75, 3.05) is 6.54 Å². The molecule has 7 heteroatoms. The van der Waals surface area contributed by atoms with Gasteiger partial charge in [-0.05, 0) is 0 Å². The highest BCUT2D eigenvalue weighted by atomic mass is 79.9. The minimum atomic E-state index is -1.89. The first-order valence-corrected chi connectivity index (χ1v) is 4.62. The first-order valence-electron chi connectivity index (χ1n) is 3.83. The number of carbonyl (C=O) groups excluding carboxylic acids is 1. The van der Waals surface area contributed by atoms with Crippen molar-refractivity contribution in [3.05, 3.63) is 11.1 Å². The van der Waals surface area contributed by atoms with Gasteiger partial charge in [0.25, 0.3) is 0 Å². The highest BCUT2D eigenvalue weighted by Crippen LogP contribution is 2.09. The fourth-order valence-electron chi connectivity index (χ4n) is 0.942. The van der Waals surface area contributed by atoms with Crippen molar-refractivity contribution in [2.24, 2.45) is 0 Å². The average Bonchev–Trinajstić information content (AvgIpc) is 2.00. The van der Waals surface area contributed by atoms with E-state index in [4.69, 9.17) is 10.2 Å². The van der Waals surface area contributed by atoms with E-state index in [1.165, 1.54) is 0 Å². The molecule has 0 aromatic heterocycles. The topological polar surface area (TPSA) is 94.9 Å². The highest BCUT2D eigenvalue weighted by Gasteiger charge is 2.34. The Labute approximate surface area is 94.3 Å². The number of carbonyl (C=O) groups is 3. The van der Waals surface area contributed by atoms with Gasteiger partial charge in [-0.15, -0.1) is 0 Å². The van der Waals surface area contributed by atoms with Gasteiger partial charge in [0.15, 0.2) is 0 Å². The number of rotatable bonds is 5. The number of amides is 1. The van der Waals surface area contributed by atoms with E-state index in [0.717, 1.165) is 6.92 Å². The molecule has 0 aromatic rings. The molecule has 0 fully saturated rings. The van der Waals surface area contributed by atoms with Crippen LogP contribution in [0.2, 0.25) is 0 Å². The Bertz CT molecular complexity index is 300. The molecule has 15 heavy (non-hydrogen) atoms. The summed E-state index contributed by atoms with van der Waals surface area (Å²) in [4.78, 5) is 33.1. The molecule has 6 nitrogen and oxygen atoms in total. The molecule has 0 atom stereocenters. The second-order valence-corrected chi connectivity index (χ2v) is 3.86. The fraction of sp³-hybridized carbons (Fsp3) is 0.375. The zero-order valence-corrected chi connectivity index (χ0v) is 9.52. The lowest BCUT2D eigenvalue weighted by Gasteiger charge is -2.24. The fourth-order valence-corrected chi connectivity index (χ4v) is 1.21. The predicted molar refractivity (Wildman–Crippen MR) is 54.5 cm³/mol. The molecule has 0 saturated heterocycles. The van der Waals surface area contributed by atoms with Crippen LogP contribution in [-0.4, -0.2) is 45.5 Å². The maximum absolute atomic E-state index is 11.1. The van der Waals surface area contributed by atoms with Gasteiger partial charge in [-0.1, -0.05) is 22.5 Å². The summed E-state index contributed by atoms with van der Waals surface area (Å²) in [6.07, 6.45) is 0. The molecule has 0 unspecified atom stereocenters. The molecule has 0 bridgehead atoms. The lowest BCUT2D eigenvalue weighted by molar-refractivity contribution is -0.160. The molecule has 0 radical (unpaired) electrons. The van der Waals surface area contributed by atoms with Crippen molar-refractivity contribution in [1.82, 2.24) is 4.90 Å². The zero-order valence-electron chi connectivity index (χ0n) is 7.94. The Balaban J connectivity index is 5.01. The number of halogens is 1. The molecule has 0 aliphatic rings. The third kappa shape index (κ3) is 4.11. The van der Waals surface area contributed by atoms with Crippen LogP contribution in [0.3, 0.4) is 0 Å². The first kappa shape index (κ1) is 13.6. The van der Waals surface area contributed by atoms with Crippen molar-refractivity contribution in [2.45, 2.75) is 13.0 Å². The molecule has 0 aromatic carbocycles. The van der Waals surface area contributed by atoms with Crippen LogP contribution >= 0.6 is 15.9 Å². The molecular formula is C8H10BrNO5. The van der Waals surface area contributed by atoms with Gasteiger partial charge in [0.2, 0.25) is 11.9 Å². The maximum Gasteiger partial charge on any atom is 0.338 e. The second kappa shape index (κ2) is 5.50. The van der Waals surface area contributed by atoms with Gasteiger partial charge in [0.1, 0.15) is 0 Å². The van der Waals surface area contributed by atoms with Crippen LogP contribution in [0.4, 0.5) is 0 Å². The monoisotopic (exact) mass is 279 g/mol. The minimum Gasteiger partial charge on any atom is -0.479 e. The summed E-state index contributed by atoms with van der Waals surface area (Å²) in [6, 6.07) is -1.89. The quantitative estimate of drug-likeness (QED) is 0.705. The van der Waals surface area contributed by atoms with E-state index in [1.54, 1.807) is 0 Å². The van der Waals surface area contributed by atoms with Gasteiger partial charge in [0.05, 0.1) is 6.54 Å². The second-order valence-electron chi connectivity index (χ2n) is 2.74. The van der Waals surface area contributed by atoms with Crippen molar-refractivity contribution < 1.29 is 24.6 Å². The Morgan fingerprint density at radius 3 is 1.93 bits per heavy atom. The van der Waals surface area contributed by atoms with Crippen LogP contribution in [0.5, 0.6) is 0 Å². The largest absolute Gasteiger partial charge is 0.479 e. The lowest BCUT2D eigenvalue weighted by atomic mass is 10.2. The van der Waals surface area contributed by atoms with Crippen molar-refractivity contribution in [3.8, 4) is 0 Å². The van der Waals surface area contributed by atoms with Crippen molar-refractivity contribution >= 4 is 33.8 Å². The van der Waals surface area contributed by atoms with E-state index >= 15 is 0 Å². The maximum atomic E-state index is 11.1. The predicted octanol–water partition coefficient (Wildman–Crippen LogP) is 0.281. The first-order chi connectivity index (χ1) is 6.77. The van der Waals surface area contributed by atoms with E-state index in [-0.39, 0.29) is 6.54 Å². The van der Waals surface area contributed by atoms with Crippen molar-refractivity contribution in [1.29, 1.82) is 0 Å². The van der Waals surface area contributed by atoms with Gasteiger partial charge < -0.3 is 15.1 Å². The minimum absolute atomic E-state index is 0.168. The van der Waals surface area contributed by atoms with Gasteiger partial charge in [-0.25, -0.2) is 9.59 Å². The lowest BCUT2D eigenvalue weighted by Crippen LogP contribution is -2.49. The summed E-state index contributed by atoms with van der Waals surface area (Å²) in [7, 11) is 0. The molecular weight excluding hydrogens is 270 g/mol. The number of aliphatic carboxylic acids is 2. The van der Waals surface area contributed by atoms with Gasteiger partial charge >= 0.3 is 11.9 Å². The van der Waals surface area contributed by atoms with Crippen LogP contribution in [0.15, 0.2) is 11.1 Å². The molecule has 0 aliphatic carbocycles. The Kier molecular flexibility index (Phi) is 4.99.